The van der Waals surface area contributed by atoms with Crippen molar-refractivity contribution in [2.75, 3.05) is 25.6 Å². The van der Waals surface area contributed by atoms with Crippen LogP contribution in [0.3, 0.4) is 0 Å². The molecule has 1 aliphatic carbocycles. The molecule has 0 spiro atoms. The Balaban J connectivity index is 2.34. The summed E-state index contributed by atoms with van der Waals surface area (Å²) in [5.41, 5.74) is 0.793. The van der Waals surface area contributed by atoms with Crippen molar-refractivity contribution >= 4 is 17.3 Å². The van der Waals surface area contributed by atoms with E-state index in [1.54, 1.807) is 0 Å². The van der Waals surface area contributed by atoms with Gasteiger partial charge in [-0.15, -0.1) is 0 Å². The molecule has 0 aliphatic heterocycles. The van der Waals surface area contributed by atoms with Gasteiger partial charge >= 0.3 is 5.97 Å². The van der Waals surface area contributed by atoms with Crippen LogP contribution in [0.25, 0.3) is 0 Å². The fourth-order valence-electron chi connectivity index (χ4n) is 2.01. The summed E-state index contributed by atoms with van der Waals surface area (Å²) in [6, 6.07) is 4.29. The van der Waals surface area contributed by atoms with Gasteiger partial charge in [0.15, 0.2) is 0 Å². The molecule has 6 nitrogen and oxygen atoms in total. The van der Waals surface area contributed by atoms with E-state index in [1.165, 1.54) is 25.3 Å². The van der Waals surface area contributed by atoms with Gasteiger partial charge in [-0.1, -0.05) is 0 Å². The maximum absolute atomic E-state index is 11.5. The molecule has 1 aromatic rings. The van der Waals surface area contributed by atoms with Gasteiger partial charge in [-0.2, -0.15) is 0 Å². The SMILES string of the molecule is COC(=O)c1ccc([N+](=O)[O-])c(N(C)CC2CC2)c1. The number of hydrogen-bond acceptors (Lipinski definition) is 5. The third kappa shape index (κ3) is 3.01. The molecule has 102 valence electrons. The van der Waals surface area contributed by atoms with Gasteiger partial charge in [0, 0.05) is 19.7 Å². The summed E-state index contributed by atoms with van der Waals surface area (Å²) in [6.45, 7) is 0.769. The molecule has 1 saturated carbocycles. The van der Waals surface area contributed by atoms with Crippen molar-refractivity contribution in [3.63, 3.8) is 0 Å². The molecule has 0 amide bonds. The summed E-state index contributed by atoms with van der Waals surface area (Å²) in [7, 11) is 3.10. The van der Waals surface area contributed by atoms with Crippen molar-refractivity contribution in [1.82, 2.24) is 0 Å². The maximum atomic E-state index is 11.5. The van der Waals surface area contributed by atoms with Gasteiger partial charge in [0.05, 0.1) is 17.6 Å². The summed E-state index contributed by atoms with van der Waals surface area (Å²) in [4.78, 5) is 23.9. The van der Waals surface area contributed by atoms with Gasteiger partial charge in [0.2, 0.25) is 0 Å². The number of nitro benzene ring substituents is 1. The van der Waals surface area contributed by atoms with Crippen LogP contribution in [0.4, 0.5) is 11.4 Å². The molecule has 0 bridgehead atoms. The van der Waals surface area contributed by atoms with E-state index in [-0.39, 0.29) is 5.69 Å². The minimum atomic E-state index is -0.490. The van der Waals surface area contributed by atoms with Crippen molar-refractivity contribution in [3.8, 4) is 0 Å². The number of carbonyl (C=O) groups is 1. The Hall–Kier alpha value is -2.11. The predicted molar refractivity (Wildman–Crippen MR) is 70.4 cm³/mol. The van der Waals surface area contributed by atoms with Crippen LogP contribution >= 0.6 is 0 Å². The molecule has 0 unspecified atom stereocenters. The quantitative estimate of drug-likeness (QED) is 0.463. The van der Waals surface area contributed by atoms with Crippen LogP contribution in [-0.4, -0.2) is 31.6 Å². The molecule has 19 heavy (non-hydrogen) atoms. The molecule has 1 aliphatic rings. The van der Waals surface area contributed by atoms with Crippen molar-refractivity contribution in [1.29, 1.82) is 0 Å². The van der Waals surface area contributed by atoms with Crippen LogP contribution < -0.4 is 4.90 Å². The number of anilines is 1. The fourth-order valence-corrected chi connectivity index (χ4v) is 2.01. The summed E-state index contributed by atoms with van der Waals surface area (Å²) < 4.78 is 4.64. The molecule has 2 rings (SSSR count). The summed E-state index contributed by atoms with van der Waals surface area (Å²) >= 11 is 0. The molecule has 0 N–H and O–H groups in total. The van der Waals surface area contributed by atoms with Gasteiger partial charge in [-0.25, -0.2) is 4.79 Å². The van der Waals surface area contributed by atoms with Crippen molar-refractivity contribution in [2.45, 2.75) is 12.8 Å². The minimum Gasteiger partial charge on any atom is -0.465 e. The van der Waals surface area contributed by atoms with Gasteiger partial charge < -0.3 is 9.64 Å². The van der Waals surface area contributed by atoms with E-state index in [2.05, 4.69) is 4.74 Å². The molecular weight excluding hydrogens is 248 g/mol. The third-order valence-corrected chi connectivity index (χ3v) is 3.23. The van der Waals surface area contributed by atoms with Gasteiger partial charge in [-0.3, -0.25) is 10.1 Å². The number of ether oxygens (including phenoxy) is 1. The Bertz CT molecular complexity index is 511. The number of nitro groups is 1. The van der Waals surface area contributed by atoms with Gasteiger partial charge in [-0.05, 0) is 30.9 Å². The second-order valence-corrected chi connectivity index (χ2v) is 4.78. The normalized spacial score (nSPS) is 14.0. The van der Waals surface area contributed by atoms with E-state index in [4.69, 9.17) is 0 Å². The highest BCUT2D eigenvalue weighted by atomic mass is 16.6. The first-order chi connectivity index (χ1) is 9.02. The van der Waals surface area contributed by atoms with Crippen molar-refractivity contribution in [3.05, 3.63) is 33.9 Å². The number of carbonyl (C=O) groups excluding carboxylic acids is 1. The average Bonchev–Trinajstić information content (AvgIpc) is 3.20. The highest BCUT2D eigenvalue weighted by molar-refractivity contribution is 5.91. The second-order valence-electron chi connectivity index (χ2n) is 4.78. The summed E-state index contributed by atoms with van der Waals surface area (Å²) in [6.07, 6.45) is 2.32. The standard InChI is InChI=1S/C13H16N2O4/c1-14(8-9-3-4-9)12-7-10(13(16)19-2)5-6-11(12)15(17)18/h5-7,9H,3-4,8H2,1-2H3. The Morgan fingerprint density at radius 1 is 1.53 bits per heavy atom. The van der Waals surface area contributed by atoms with Gasteiger partial charge in [0.25, 0.3) is 5.69 Å². The number of rotatable bonds is 5. The zero-order chi connectivity index (χ0) is 14.0. The molecule has 0 atom stereocenters. The molecule has 1 fully saturated rings. The lowest BCUT2D eigenvalue weighted by Crippen LogP contribution is -2.21. The zero-order valence-electron chi connectivity index (χ0n) is 11.0. The Morgan fingerprint density at radius 3 is 2.74 bits per heavy atom. The minimum absolute atomic E-state index is 0.0100. The first kappa shape index (κ1) is 13.3. The van der Waals surface area contributed by atoms with Crippen LogP contribution in [0.15, 0.2) is 18.2 Å². The number of hydrogen-bond donors (Lipinski definition) is 0. The maximum Gasteiger partial charge on any atom is 0.337 e. The summed E-state index contributed by atoms with van der Waals surface area (Å²) in [5.74, 6) is 0.113. The topological polar surface area (TPSA) is 72.7 Å². The van der Waals surface area contributed by atoms with E-state index in [0.29, 0.717) is 17.2 Å². The van der Waals surface area contributed by atoms with Crippen LogP contribution in [0.1, 0.15) is 23.2 Å². The molecule has 0 aromatic heterocycles. The lowest BCUT2D eigenvalue weighted by molar-refractivity contribution is -0.384. The van der Waals surface area contributed by atoms with E-state index >= 15 is 0 Å². The first-order valence-corrected chi connectivity index (χ1v) is 6.11. The van der Waals surface area contributed by atoms with Crippen LogP contribution in [0.5, 0.6) is 0 Å². The molecular formula is C13H16N2O4. The second kappa shape index (κ2) is 5.26. The molecule has 0 saturated heterocycles. The molecule has 1 aromatic carbocycles. The van der Waals surface area contributed by atoms with Crippen molar-refractivity contribution in [2.24, 2.45) is 5.92 Å². The number of benzene rings is 1. The highest BCUT2D eigenvalue weighted by Gasteiger charge is 2.26. The number of esters is 1. The Kier molecular flexibility index (Phi) is 3.69. The lowest BCUT2D eigenvalue weighted by atomic mass is 10.1. The molecule has 6 heteroatoms. The number of methoxy groups -OCH3 is 1. The van der Waals surface area contributed by atoms with E-state index in [0.717, 1.165) is 19.4 Å². The molecule has 0 heterocycles. The number of nitrogens with zero attached hydrogens (tertiary/aromatic N) is 2. The smallest absolute Gasteiger partial charge is 0.337 e. The fraction of sp³-hybridized carbons (Fsp3) is 0.462. The lowest BCUT2D eigenvalue weighted by Gasteiger charge is -2.19. The first-order valence-electron chi connectivity index (χ1n) is 6.11. The monoisotopic (exact) mass is 264 g/mol. The highest BCUT2D eigenvalue weighted by Crippen LogP contribution is 2.34. The van der Waals surface area contributed by atoms with Crippen LogP contribution in [-0.2, 0) is 4.74 Å². The van der Waals surface area contributed by atoms with E-state index in [9.17, 15) is 14.9 Å². The van der Waals surface area contributed by atoms with E-state index in [1.807, 2.05) is 11.9 Å². The van der Waals surface area contributed by atoms with Crippen molar-refractivity contribution < 1.29 is 14.5 Å². The predicted octanol–water partition coefficient (Wildman–Crippen LogP) is 2.23. The Morgan fingerprint density at radius 2 is 2.21 bits per heavy atom. The largest absolute Gasteiger partial charge is 0.465 e. The zero-order valence-corrected chi connectivity index (χ0v) is 11.0. The van der Waals surface area contributed by atoms with Crippen LogP contribution in [0.2, 0.25) is 0 Å². The Labute approximate surface area is 111 Å². The van der Waals surface area contributed by atoms with E-state index < -0.39 is 10.9 Å². The summed E-state index contributed by atoms with van der Waals surface area (Å²) in [5, 5.41) is 11.0. The average molecular weight is 264 g/mol. The third-order valence-electron chi connectivity index (χ3n) is 3.23. The van der Waals surface area contributed by atoms with Gasteiger partial charge in [0.1, 0.15) is 5.69 Å². The molecule has 0 radical (unpaired) electrons. The van der Waals surface area contributed by atoms with Crippen LogP contribution in [0, 0.1) is 16.0 Å².